The Balaban J connectivity index is 1.36. The van der Waals surface area contributed by atoms with Crippen molar-refractivity contribution >= 4 is 23.4 Å². The van der Waals surface area contributed by atoms with Crippen molar-refractivity contribution in [1.82, 2.24) is 16.0 Å². The maximum atomic E-state index is 13.3. The van der Waals surface area contributed by atoms with Crippen molar-refractivity contribution in [2.45, 2.75) is 76.5 Å². The number of hydrogen-bond acceptors (Lipinski definition) is 4. The van der Waals surface area contributed by atoms with Crippen LogP contribution in [0.5, 0.6) is 0 Å². The van der Waals surface area contributed by atoms with Crippen LogP contribution in [0.1, 0.15) is 75.5 Å². The third-order valence-electron chi connectivity index (χ3n) is 7.45. The Morgan fingerprint density at radius 1 is 1.03 bits per heavy atom. The van der Waals surface area contributed by atoms with Crippen LogP contribution in [0.2, 0.25) is 0 Å². The van der Waals surface area contributed by atoms with Crippen LogP contribution >= 0.6 is 0 Å². The first-order valence-electron chi connectivity index (χ1n) is 13.2. The summed E-state index contributed by atoms with van der Waals surface area (Å²) < 4.78 is 0. The van der Waals surface area contributed by atoms with Gasteiger partial charge in [0.05, 0.1) is 6.04 Å². The highest BCUT2D eigenvalue weighted by molar-refractivity contribution is 6.00. The molecule has 36 heavy (non-hydrogen) atoms. The van der Waals surface area contributed by atoms with Gasteiger partial charge in [-0.15, -0.1) is 0 Å². The summed E-state index contributed by atoms with van der Waals surface area (Å²) in [7, 11) is 1.71. The van der Waals surface area contributed by atoms with E-state index in [0.717, 1.165) is 35.6 Å². The summed E-state index contributed by atoms with van der Waals surface area (Å²) >= 11 is 0. The Morgan fingerprint density at radius 3 is 2.47 bits per heavy atom. The number of likely N-dealkylation sites (N-methyl/N-ethyl adjacent to an activating group) is 1. The number of rotatable bonds is 9. The number of benzene rings is 2. The van der Waals surface area contributed by atoms with Gasteiger partial charge in [-0.05, 0) is 36.5 Å². The van der Waals surface area contributed by atoms with E-state index in [1.807, 2.05) is 54.6 Å². The van der Waals surface area contributed by atoms with Gasteiger partial charge in [0, 0.05) is 19.2 Å². The number of unbranched alkanes of at least 4 members (excludes halogenated alkanes) is 1. The molecule has 0 aromatic heterocycles. The Labute approximate surface area is 214 Å². The fraction of sp³-hybridized carbons (Fsp3) is 0.483. The van der Waals surface area contributed by atoms with Crippen molar-refractivity contribution in [2.24, 2.45) is 5.92 Å². The highest BCUT2D eigenvalue weighted by atomic mass is 16.2. The number of amides is 3. The zero-order chi connectivity index (χ0) is 25.5. The van der Waals surface area contributed by atoms with E-state index >= 15 is 0 Å². The largest absolute Gasteiger partial charge is 0.345 e. The summed E-state index contributed by atoms with van der Waals surface area (Å²) in [5.74, 6) is 0.0354. The Morgan fingerprint density at radius 2 is 1.72 bits per heavy atom. The normalized spacial score (nSPS) is 20.9. The summed E-state index contributed by atoms with van der Waals surface area (Å²) in [6.45, 7) is 1.65. The van der Waals surface area contributed by atoms with Crippen LogP contribution in [0.15, 0.2) is 54.6 Å². The predicted molar refractivity (Wildman–Crippen MR) is 141 cm³/mol. The third kappa shape index (κ3) is 6.32. The lowest BCUT2D eigenvalue weighted by molar-refractivity contribution is -0.131. The smallest absolute Gasteiger partial charge is 0.264 e. The number of carbonyl (C=O) groups is 3. The number of nitrogens with one attached hydrogen (secondary N) is 3. The molecule has 1 fully saturated rings. The van der Waals surface area contributed by atoms with E-state index in [1.165, 1.54) is 32.1 Å². The Hall–Kier alpha value is -3.19. The number of carbonyl (C=O) groups excluding carboxylic acids is 3. The molecule has 1 aliphatic carbocycles. The van der Waals surface area contributed by atoms with Crippen molar-refractivity contribution in [1.29, 1.82) is 0 Å². The number of anilines is 1. The van der Waals surface area contributed by atoms with Gasteiger partial charge in [-0.2, -0.15) is 0 Å². The average Bonchev–Trinajstić information content (AvgIpc) is 3.39. The molecular formula is C29H38N4O3. The fourth-order valence-corrected chi connectivity index (χ4v) is 5.37. The molecule has 0 radical (unpaired) electrons. The van der Waals surface area contributed by atoms with Crippen molar-refractivity contribution in [2.75, 3.05) is 11.9 Å². The molecule has 1 saturated carbocycles. The molecule has 3 atom stereocenters. The molecule has 2 aliphatic rings. The van der Waals surface area contributed by atoms with Crippen molar-refractivity contribution in [3.05, 3.63) is 65.7 Å². The summed E-state index contributed by atoms with van der Waals surface area (Å²) in [5, 5.41) is 8.96. The van der Waals surface area contributed by atoms with Crippen molar-refractivity contribution in [3.63, 3.8) is 0 Å². The molecule has 3 unspecified atom stereocenters. The van der Waals surface area contributed by atoms with Gasteiger partial charge in [-0.25, -0.2) is 0 Å². The minimum Gasteiger partial charge on any atom is -0.345 e. The highest BCUT2D eigenvalue weighted by Crippen LogP contribution is 2.33. The molecule has 3 N–H and O–H groups in total. The zero-order valence-electron chi connectivity index (χ0n) is 21.3. The number of para-hydroxylation sites is 1. The van der Waals surface area contributed by atoms with E-state index in [9.17, 15) is 14.4 Å². The van der Waals surface area contributed by atoms with E-state index in [0.29, 0.717) is 6.42 Å². The van der Waals surface area contributed by atoms with Gasteiger partial charge in [0.2, 0.25) is 11.8 Å². The molecule has 4 rings (SSSR count). The molecule has 0 saturated heterocycles. The molecule has 2 aromatic rings. The lowest BCUT2D eigenvalue weighted by Gasteiger charge is -2.25. The molecule has 1 heterocycles. The Kier molecular flexibility index (Phi) is 8.75. The molecule has 0 spiro atoms. The van der Waals surface area contributed by atoms with Gasteiger partial charge in [0.15, 0.2) is 6.17 Å². The minimum absolute atomic E-state index is 0.129. The summed E-state index contributed by atoms with van der Waals surface area (Å²) in [6.07, 6.45) is 7.87. The molecule has 7 nitrogen and oxygen atoms in total. The van der Waals surface area contributed by atoms with E-state index < -0.39 is 18.1 Å². The van der Waals surface area contributed by atoms with Crippen molar-refractivity contribution < 1.29 is 14.4 Å². The highest BCUT2D eigenvalue weighted by Gasteiger charge is 2.35. The quantitative estimate of drug-likeness (QED) is 0.463. The molecule has 3 amide bonds. The van der Waals surface area contributed by atoms with E-state index in [4.69, 9.17) is 0 Å². The molecule has 192 valence electrons. The summed E-state index contributed by atoms with van der Waals surface area (Å²) in [5.41, 5.74) is 2.74. The van der Waals surface area contributed by atoms with Gasteiger partial charge in [0.25, 0.3) is 5.91 Å². The lowest BCUT2D eigenvalue weighted by atomic mass is 9.97. The number of hydrogen-bond donors (Lipinski definition) is 3. The van der Waals surface area contributed by atoms with Gasteiger partial charge >= 0.3 is 0 Å². The molecule has 0 bridgehead atoms. The SMILES string of the molecule is CC(NC(=O)CCCCC1CCCC1)C(=O)NC1NC(c2ccccc2)c2ccccc2N(C)C1=O. The van der Waals surface area contributed by atoms with Gasteiger partial charge in [-0.1, -0.05) is 87.1 Å². The second-order valence-corrected chi connectivity index (χ2v) is 10.1. The average molecular weight is 491 g/mol. The first-order chi connectivity index (χ1) is 17.4. The second-order valence-electron chi connectivity index (χ2n) is 10.1. The van der Waals surface area contributed by atoms with Crippen molar-refractivity contribution in [3.8, 4) is 0 Å². The lowest BCUT2D eigenvalue weighted by Crippen LogP contribution is -2.58. The van der Waals surface area contributed by atoms with Crippen LogP contribution in [-0.4, -0.2) is 37.0 Å². The molecule has 2 aromatic carbocycles. The first kappa shape index (κ1) is 25.9. The van der Waals surface area contributed by atoms with Gasteiger partial charge in [-0.3, -0.25) is 19.7 Å². The Bertz CT molecular complexity index is 1050. The molecular weight excluding hydrogens is 452 g/mol. The number of nitrogens with zero attached hydrogens (tertiary/aromatic N) is 1. The van der Waals surface area contributed by atoms with Crippen LogP contribution in [0.3, 0.4) is 0 Å². The standard InChI is InChI=1S/C29H38N4O3/c1-20(30-25(34)19-11-8-14-21-12-6-7-13-21)28(35)32-27-29(36)33(2)24-18-10-9-17-23(24)26(31-27)22-15-4-3-5-16-22/h3-5,9-10,15-18,20-21,26-27,31H,6-8,11-14,19H2,1-2H3,(H,30,34)(H,32,35). The predicted octanol–water partition coefficient (Wildman–Crippen LogP) is 4.04. The van der Waals surface area contributed by atoms with Crippen LogP contribution < -0.4 is 20.9 Å². The number of fused-ring (bicyclic) bond motifs is 1. The topological polar surface area (TPSA) is 90.5 Å². The monoisotopic (exact) mass is 490 g/mol. The van der Waals surface area contributed by atoms with Crippen LogP contribution in [0, 0.1) is 5.92 Å². The maximum absolute atomic E-state index is 13.3. The molecule has 7 heteroatoms. The zero-order valence-corrected chi connectivity index (χ0v) is 21.3. The third-order valence-corrected chi connectivity index (χ3v) is 7.45. The first-order valence-corrected chi connectivity index (χ1v) is 13.2. The van der Waals surface area contributed by atoms with E-state index in [2.05, 4.69) is 16.0 Å². The fourth-order valence-electron chi connectivity index (χ4n) is 5.37. The van der Waals surface area contributed by atoms with Gasteiger partial charge < -0.3 is 15.5 Å². The summed E-state index contributed by atoms with van der Waals surface area (Å²) in [4.78, 5) is 40.3. The van der Waals surface area contributed by atoms with Gasteiger partial charge in [0.1, 0.15) is 6.04 Å². The second kappa shape index (κ2) is 12.2. The van der Waals surface area contributed by atoms with Crippen LogP contribution in [0.4, 0.5) is 5.69 Å². The minimum atomic E-state index is -0.939. The maximum Gasteiger partial charge on any atom is 0.264 e. The van der Waals surface area contributed by atoms with E-state index in [1.54, 1.807) is 18.9 Å². The van der Waals surface area contributed by atoms with Crippen LogP contribution in [0.25, 0.3) is 0 Å². The van der Waals surface area contributed by atoms with Crippen LogP contribution in [-0.2, 0) is 14.4 Å². The summed E-state index contributed by atoms with van der Waals surface area (Å²) in [6, 6.07) is 16.6. The van der Waals surface area contributed by atoms with E-state index in [-0.39, 0.29) is 17.9 Å². The molecule has 1 aliphatic heterocycles.